The summed E-state index contributed by atoms with van der Waals surface area (Å²) in [4.78, 5) is 4.22. The maximum atomic E-state index is 12.0. The SMILES string of the molecule is CCC[S@](=O)c1nccn1-c1ccccc1C. The number of imidazole rings is 1. The Morgan fingerprint density at radius 3 is 2.82 bits per heavy atom. The van der Waals surface area contributed by atoms with Crippen molar-refractivity contribution in [2.24, 2.45) is 0 Å². The van der Waals surface area contributed by atoms with Crippen molar-refractivity contribution >= 4 is 10.8 Å². The predicted molar refractivity (Wildman–Crippen MR) is 69.9 cm³/mol. The van der Waals surface area contributed by atoms with E-state index in [9.17, 15) is 4.21 Å². The first-order valence-electron chi connectivity index (χ1n) is 5.71. The van der Waals surface area contributed by atoms with Gasteiger partial charge in [0, 0.05) is 18.1 Å². The van der Waals surface area contributed by atoms with Crippen LogP contribution < -0.4 is 0 Å². The molecule has 0 aliphatic heterocycles. The van der Waals surface area contributed by atoms with Gasteiger partial charge in [-0.3, -0.25) is 8.78 Å². The molecule has 1 aromatic heterocycles. The molecule has 0 saturated heterocycles. The van der Waals surface area contributed by atoms with E-state index in [0.717, 1.165) is 17.7 Å². The average molecular weight is 248 g/mol. The van der Waals surface area contributed by atoms with E-state index >= 15 is 0 Å². The van der Waals surface area contributed by atoms with Gasteiger partial charge in [-0.25, -0.2) is 4.98 Å². The highest BCUT2D eigenvalue weighted by Crippen LogP contribution is 2.17. The number of hydrogen-bond acceptors (Lipinski definition) is 2. The van der Waals surface area contributed by atoms with Gasteiger partial charge in [0.05, 0.1) is 16.5 Å². The minimum Gasteiger partial charge on any atom is -0.293 e. The molecule has 2 aromatic rings. The van der Waals surface area contributed by atoms with Gasteiger partial charge < -0.3 is 0 Å². The normalized spacial score (nSPS) is 12.6. The first-order valence-corrected chi connectivity index (χ1v) is 7.03. The summed E-state index contributed by atoms with van der Waals surface area (Å²) in [6.45, 7) is 4.07. The van der Waals surface area contributed by atoms with Crippen LogP contribution >= 0.6 is 0 Å². The molecule has 17 heavy (non-hydrogen) atoms. The molecule has 0 bridgehead atoms. The summed E-state index contributed by atoms with van der Waals surface area (Å²) in [5.41, 5.74) is 2.20. The van der Waals surface area contributed by atoms with Crippen molar-refractivity contribution in [2.45, 2.75) is 25.4 Å². The van der Waals surface area contributed by atoms with E-state index in [4.69, 9.17) is 0 Å². The predicted octanol–water partition coefficient (Wildman–Crippen LogP) is 2.70. The van der Waals surface area contributed by atoms with E-state index in [1.54, 1.807) is 6.20 Å². The first-order chi connectivity index (χ1) is 8.24. The van der Waals surface area contributed by atoms with Gasteiger partial charge in [0.15, 0.2) is 0 Å². The zero-order chi connectivity index (χ0) is 12.3. The lowest BCUT2D eigenvalue weighted by molar-refractivity contribution is 0.671. The summed E-state index contributed by atoms with van der Waals surface area (Å²) in [5.74, 6) is 0.656. The molecule has 0 amide bonds. The molecule has 4 heteroatoms. The van der Waals surface area contributed by atoms with Gasteiger partial charge in [-0.05, 0) is 25.0 Å². The van der Waals surface area contributed by atoms with Gasteiger partial charge in [0.1, 0.15) is 0 Å². The summed E-state index contributed by atoms with van der Waals surface area (Å²) in [5, 5.41) is 0.640. The third-order valence-corrected chi connectivity index (χ3v) is 4.06. The molecule has 1 aromatic carbocycles. The Morgan fingerprint density at radius 1 is 1.35 bits per heavy atom. The van der Waals surface area contributed by atoms with Gasteiger partial charge in [-0.1, -0.05) is 25.1 Å². The van der Waals surface area contributed by atoms with Crippen molar-refractivity contribution in [3.05, 3.63) is 42.2 Å². The van der Waals surface area contributed by atoms with Crippen LogP contribution in [0.5, 0.6) is 0 Å². The zero-order valence-electron chi connectivity index (χ0n) is 10.1. The van der Waals surface area contributed by atoms with Crippen LogP contribution in [0.2, 0.25) is 0 Å². The highest BCUT2D eigenvalue weighted by molar-refractivity contribution is 7.84. The van der Waals surface area contributed by atoms with Gasteiger partial charge >= 0.3 is 0 Å². The van der Waals surface area contributed by atoms with Gasteiger partial charge in [-0.2, -0.15) is 0 Å². The van der Waals surface area contributed by atoms with E-state index in [2.05, 4.69) is 4.98 Å². The minimum absolute atomic E-state index is 0.640. The van der Waals surface area contributed by atoms with Crippen LogP contribution in [0.1, 0.15) is 18.9 Å². The summed E-state index contributed by atoms with van der Waals surface area (Å²) in [7, 11) is -1.02. The summed E-state index contributed by atoms with van der Waals surface area (Å²) < 4.78 is 14.0. The molecular weight excluding hydrogens is 232 g/mol. The molecule has 0 saturated carbocycles. The fourth-order valence-electron chi connectivity index (χ4n) is 1.75. The topological polar surface area (TPSA) is 34.9 Å². The number of aromatic nitrogens is 2. The van der Waals surface area contributed by atoms with Crippen LogP contribution in [0.4, 0.5) is 0 Å². The molecular formula is C13H16N2OS. The number of aryl methyl sites for hydroxylation is 1. The molecule has 1 heterocycles. The van der Waals surface area contributed by atoms with E-state index in [1.165, 1.54) is 0 Å². The highest BCUT2D eigenvalue weighted by Gasteiger charge is 2.12. The second-order valence-electron chi connectivity index (χ2n) is 3.92. The Hall–Kier alpha value is -1.42. The summed E-state index contributed by atoms with van der Waals surface area (Å²) in [6, 6.07) is 8.04. The summed E-state index contributed by atoms with van der Waals surface area (Å²) in [6.07, 6.45) is 4.47. The number of rotatable bonds is 4. The van der Waals surface area contributed by atoms with E-state index < -0.39 is 10.8 Å². The number of nitrogens with zero attached hydrogens (tertiary/aromatic N) is 2. The fraction of sp³-hybridized carbons (Fsp3) is 0.308. The third kappa shape index (κ3) is 2.47. The van der Waals surface area contributed by atoms with Crippen LogP contribution in [0.3, 0.4) is 0 Å². The smallest absolute Gasteiger partial charge is 0.203 e. The molecule has 2 rings (SSSR count). The molecule has 90 valence electrons. The van der Waals surface area contributed by atoms with Crippen LogP contribution in [-0.4, -0.2) is 19.5 Å². The Kier molecular flexibility index (Phi) is 3.74. The van der Waals surface area contributed by atoms with E-state index in [0.29, 0.717) is 10.9 Å². The van der Waals surface area contributed by atoms with Crippen molar-refractivity contribution in [3.63, 3.8) is 0 Å². The van der Waals surface area contributed by atoms with Crippen molar-refractivity contribution in [2.75, 3.05) is 5.75 Å². The Morgan fingerprint density at radius 2 is 2.12 bits per heavy atom. The largest absolute Gasteiger partial charge is 0.293 e. The molecule has 0 aliphatic carbocycles. The van der Waals surface area contributed by atoms with E-state index in [1.807, 2.05) is 48.9 Å². The van der Waals surface area contributed by atoms with Gasteiger partial charge in [0.25, 0.3) is 0 Å². The number of benzene rings is 1. The maximum absolute atomic E-state index is 12.0. The van der Waals surface area contributed by atoms with Crippen LogP contribution in [0, 0.1) is 6.92 Å². The zero-order valence-corrected chi connectivity index (χ0v) is 10.9. The van der Waals surface area contributed by atoms with E-state index in [-0.39, 0.29) is 0 Å². The second-order valence-corrected chi connectivity index (χ2v) is 5.38. The van der Waals surface area contributed by atoms with Crippen LogP contribution in [0.25, 0.3) is 5.69 Å². The number of hydrogen-bond donors (Lipinski definition) is 0. The third-order valence-electron chi connectivity index (χ3n) is 2.57. The molecule has 0 unspecified atom stereocenters. The minimum atomic E-state index is -1.02. The quantitative estimate of drug-likeness (QED) is 0.834. The fourth-order valence-corrected chi connectivity index (χ4v) is 2.86. The van der Waals surface area contributed by atoms with Crippen LogP contribution in [0.15, 0.2) is 41.8 Å². The lowest BCUT2D eigenvalue weighted by Gasteiger charge is -2.09. The van der Waals surface area contributed by atoms with Crippen molar-refractivity contribution in [1.29, 1.82) is 0 Å². The lowest BCUT2D eigenvalue weighted by Crippen LogP contribution is -2.07. The molecule has 0 radical (unpaired) electrons. The van der Waals surface area contributed by atoms with Crippen LogP contribution in [-0.2, 0) is 10.8 Å². The Bertz CT molecular complexity index is 534. The average Bonchev–Trinajstić information content (AvgIpc) is 2.79. The monoisotopic (exact) mass is 248 g/mol. The highest BCUT2D eigenvalue weighted by atomic mass is 32.2. The van der Waals surface area contributed by atoms with Crippen molar-refractivity contribution in [3.8, 4) is 5.69 Å². The van der Waals surface area contributed by atoms with Crippen molar-refractivity contribution < 1.29 is 4.21 Å². The first kappa shape index (κ1) is 12.0. The second kappa shape index (κ2) is 5.27. The number of para-hydroxylation sites is 1. The Labute approximate surface area is 104 Å². The molecule has 0 spiro atoms. The lowest BCUT2D eigenvalue weighted by atomic mass is 10.2. The molecule has 0 N–H and O–H groups in total. The van der Waals surface area contributed by atoms with Gasteiger partial charge in [0.2, 0.25) is 5.16 Å². The van der Waals surface area contributed by atoms with Crippen molar-refractivity contribution in [1.82, 2.24) is 9.55 Å². The molecule has 0 aliphatic rings. The molecule has 3 nitrogen and oxygen atoms in total. The maximum Gasteiger partial charge on any atom is 0.203 e. The summed E-state index contributed by atoms with van der Waals surface area (Å²) >= 11 is 0. The van der Waals surface area contributed by atoms with Gasteiger partial charge in [-0.15, -0.1) is 0 Å². The standard InChI is InChI=1S/C13H16N2OS/c1-3-10-17(16)13-14-8-9-15(13)12-7-5-4-6-11(12)2/h4-9H,3,10H2,1-2H3/t17-/m0/s1. The Balaban J connectivity index is 2.44. The molecule has 0 fully saturated rings. The molecule has 1 atom stereocenters.